The molecule has 0 aromatic heterocycles. The minimum Gasteiger partial charge on any atom is -0.352 e. The number of carbonyl (C=O) groups is 2. The maximum absolute atomic E-state index is 13.6. The van der Waals surface area contributed by atoms with E-state index in [1.807, 2.05) is 43.2 Å². The van der Waals surface area contributed by atoms with E-state index in [1.165, 1.54) is 0 Å². The molecule has 9 heteroatoms. The first-order valence-corrected chi connectivity index (χ1v) is 11.2. The highest BCUT2D eigenvalue weighted by Gasteiger charge is 2.33. The number of amides is 2. The summed E-state index contributed by atoms with van der Waals surface area (Å²) in [5.41, 5.74) is 3.87. The Balaban J connectivity index is 1.60. The van der Waals surface area contributed by atoms with Crippen molar-refractivity contribution in [1.82, 2.24) is 14.9 Å². The second-order valence-electron chi connectivity index (χ2n) is 7.84. The number of hydrogen-bond donors (Lipinski definition) is 2. The van der Waals surface area contributed by atoms with E-state index in [4.69, 9.17) is 23.4 Å². The highest BCUT2D eigenvalue weighted by molar-refractivity contribution is 6.32. The molecule has 2 aliphatic heterocycles. The van der Waals surface area contributed by atoms with Crippen molar-refractivity contribution < 1.29 is 9.59 Å². The third kappa shape index (κ3) is 4.41. The summed E-state index contributed by atoms with van der Waals surface area (Å²) < 4.78 is 1.58. The maximum atomic E-state index is 13.6. The Morgan fingerprint density at radius 3 is 2.69 bits per heavy atom. The molecule has 4 rings (SSSR count). The number of para-hydroxylation sites is 2. The van der Waals surface area contributed by atoms with Crippen molar-refractivity contribution in [3.8, 4) is 0 Å². The molecule has 2 aliphatic rings. The smallest absolute Gasteiger partial charge is 0.258 e. The molecule has 2 heterocycles. The number of hydrogen-bond acceptors (Lipinski definition) is 5. The van der Waals surface area contributed by atoms with Crippen LogP contribution in [0.2, 0.25) is 5.02 Å². The molecule has 32 heavy (non-hydrogen) atoms. The van der Waals surface area contributed by atoms with E-state index in [-0.39, 0.29) is 11.8 Å². The summed E-state index contributed by atoms with van der Waals surface area (Å²) in [6.07, 6.45) is 1.26. The van der Waals surface area contributed by atoms with Gasteiger partial charge in [-0.15, -0.1) is 4.53 Å². The van der Waals surface area contributed by atoms with Gasteiger partial charge in [-0.05, 0) is 36.2 Å². The number of rotatable bonds is 5. The molecular formula is C23H25Cl2N5O2. The van der Waals surface area contributed by atoms with Crippen LogP contribution < -0.4 is 15.5 Å². The van der Waals surface area contributed by atoms with E-state index in [1.54, 1.807) is 27.6 Å². The average Bonchev–Trinajstić information content (AvgIpc) is 2.95. The number of benzene rings is 2. The predicted molar refractivity (Wildman–Crippen MR) is 127 cm³/mol. The van der Waals surface area contributed by atoms with Gasteiger partial charge < -0.3 is 15.5 Å². The van der Waals surface area contributed by atoms with Crippen LogP contribution in [-0.4, -0.2) is 41.5 Å². The highest BCUT2D eigenvalue weighted by Crippen LogP contribution is 2.36. The maximum Gasteiger partial charge on any atom is 0.258 e. The van der Waals surface area contributed by atoms with Crippen LogP contribution in [0.25, 0.3) is 0 Å². The SMILES string of the molecule is CCCC(=O)NCc1ccc(C(=O)N2CC3=C(Nc4ccccc42)N(C)N(Cl)C3)cc1Cl. The summed E-state index contributed by atoms with van der Waals surface area (Å²) in [5.74, 6) is 0.697. The van der Waals surface area contributed by atoms with Crippen LogP contribution in [0.15, 0.2) is 53.9 Å². The number of nitrogens with one attached hydrogen (secondary N) is 2. The molecule has 0 saturated heterocycles. The van der Waals surface area contributed by atoms with Crippen LogP contribution in [0.1, 0.15) is 35.7 Å². The van der Waals surface area contributed by atoms with Crippen LogP contribution in [0.3, 0.4) is 0 Å². The number of hydrazine groups is 1. The van der Waals surface area contributed by atoms with Crippen molar-refractivity contribution >= 4 is 46.6 Å². The molecule has 0 bridgehead atoms. The zero-order valence-corrected chi connectivity index (χ0v) is 19.5. The van der Waals surface area contributed by atoms with Gasteiger partial charge in [0.2, 0.25) is 5.91 Å². The zero-order chi connectivity index (χ0) is 22.8. The molecule has 0 radical (unpaired) electrons. The van der Waals surface area contributed by atoms with Gasteiger partial charge in [-0.1, -0.05) is 36.7 Å². The molecule has 2 aromatic rings. The van der Waals surface area contributed by atoms with E-state index in [2.05, 4.69) is 10.6 Å². The van der Waals surface area contributed by atoms with Crippen LogP contribution in [0, 0.1) is 0 Å². The van der Waals surface area contributed by atoms with Gasteiger partial charge in [0, 0.05) is 47.9 Å². The lowest BCUT2D eigenvalue weighted by Crippen LogP contribution is -2.34. The van der Waals surface area contributed by atoms with Crippen LogP contribution in [0.5, 0.6) is 0 Å². The standard InChI is InChI=1S/C23H25Cl2N5O2/c1-3-6-21(31)26-12-16-10-9-15(11-18(16)24)23(32)29-13-17-14-30(25)28(2)22(17)27-19-7-4-5-8-20(19)29/h4-5,7-11,27H,3,6,12-14H2,1-2H3,(H,26,31). The van der Waals surface area contributed by atoms with E-state index in [0.29, 0.717) is 36.6 Å². The first-order chi connectivity index (χ1) is 15.4. The van der Waals surface area contributed by atoms with Crippen LogP contribution in [-0.2, 0) is 11.3 Å². The third-order valence-corrected chi connectivity index (χ3v) is 6.30. The van der Waals surface area contributed by atoms with E-state index >= 15 is 0 Å². The Morgan fingerprint density at radius 1 is 1.16 bits per heavy atom. The van der Waals surface area contributed by atoms with Crippen LogP contribution >= 0.6 is 23.4 Å². The molecule has 0 saturated carbocycles. The molecule has 2 N–H and O–H groups in total. The molecule has 2 aromatic carbocycles. The number of fused-ring (bicyclic) bond motifs is 1. The van der Waals surface area contributed by atoms with Gasteiger partial charge in [0.1, 0.15) is 5.82 Å². The quantitative estimate of drug-likeness (QED) is 0.631. The minimum atomic E-state index is -0.160. The minimum absolute atomic E-state index is 0.0173. The van der Waals surface area contributed by atoms with Gasteiger partial charge in [0.15, 0.2) is 0 Å². The fraction of sp³-hybridized carbons (Fsp3) is 0.304. The van der Waals surface area contributed by atoms with Crippen LogP contribution in [0.4, 0.5) is 11.4 Å². The Labute approximate surface area is 197 Å². The summed E-state index contributed by atoms with van der Waals surface area (Å²) >= 11 is 12.8. The van der Waals surface area contributed by atoms with Gasteiger partial charge in [0.25, 0.3) is 5.91 Å². The normalized spacial score (nSPS) is 15.8. The van der Waals surface area contributed by atoms with Crippen molar-refractivity contribution in [2.24, 2.45) is 0 Å². The third-order valence-electron chi connectivity index (χ3n) is 5.60. The van der Waals surface area contributed by atoms with Crippen molar-refractivity contribution in [2.45, 2.75) is 26.3 Å². The fourth-order valence-electron chi connectivity index (χ4n) is 3.86. The molecule has 0 atom stereocenters. The monoisotopic (exact) mass is 473 g/mol. The molecule has 0 aliphatic carbocycles. The average molecular weight is 474 g/mol. The molecule has 7 nitrogen and oxygen atoms in total. The summed E-state index contributed by atoms with van der Waals surface area (Å²) in [4.78, 5) is 27.1. The number of nitrogens with zero attached hydrogens (tertiary/aromatic N) is 3. The zero-order valence-electron chi connectivity index (χ0n) is 18.0. The Bertz CT molecular complexity index is 1090. The van der Waals surface area contributed by atoms with E-state index in [9.17, 15) is 9.59 Å². The largest absolute Gasteiger partial charge is 0.352 e. The van der Waals surface area contributed by atoms with Crippen molar-refractivity contribution in [2.75, 3.05) is 30.4 Å². The Kier molecular flexibility index (Phi) is 6.60. The number of carbonyl (C=O) groups excluding carboxylic acids is 2. The van der Waals surface area contributed by atoms with Gasteiger partial charge in [-0.25, -0.2) is 0 Å². The Hall–Kier alpha value is -2.74. The lowest BCUT2D eigenvalue weighted by Gasteiger charge is -2.26. The summed E-state index contributed by atoms with van der Waals surface area (Å²) in [5, 5.41) is 8.55. The summed E-state index contributed by atoms with van der Waals surface area (Å²) in [7, 11) is 1.88. The van der Waals surface area contributed by atoms with Crippen molar-refractivity contribution in [3.05, 3.63) is 70.0 Å². The number of anilines is 2. The second kappa shape index (κ2) is 9.40. The van der Waals surface area contributed by atoms with E-state index < -0.39 is 0 Å². The molecule has 2 amide bonds. The molecule has 0 unspecified atom stereocenters. The topological polar surface area (TPSA) is 67.9 Å². The molecular weight excluding hydrogens is 449 g/mol. The molecule has 168 valence electrons. The van der Waals surface area contributed by atoms with E-state index in [0.717, 1.165) is 34.8 Å². The summed E-state index contributed by atoms with van der Waals surface area (Å²) in [6.45, 7) is 3.20. The predicted octanol–water partition coefficient (Wildman–Crippen LogP) is 4.36. The lowest BCUT2D eigenvalue weighted by molar-refractivity contribution is -0.121. The molecule has 0 fully saturated rings. The summed E-state index contributed by atoms with van der Waals surface area (Å²) in [6, 6.07) is 12.9. The molecule has 0 spiro atoms. The first kappa shape index (κ1) is 22.5. The highest BCUT2D eigenvalue weighted by atomic mass is 35.5. The Morgan fingerprint density at radius 2 is 1.94 bits per heavy atom. The van der Waals surface area contributed by atoms with Crippen molar-refractivity contribution in [3.63, 3.8) is 0 Å². The van der Waals surface area contributed by atoms with Gasteiger partial charge in [-0.3, -0.25) is 14.6 Å². The van der Waals surface area contributed by atoms with Crippen molar-refractivity contribution in [1.29, 1.82) is 0 Å². The second-order valence-corrected chi connectivity index (χ2v) is 8.63. The lowest BCUT2D eigenvalue weighted by atomic mass is 10.1. The van der Waals surface area contributed by atoms with Gasteiger partial charge >= 0.3 is 0 Å². The van der Waals surface area contributed by atoms with Gasteiger partial charge in [-0.2, -0.15) is 0 Å². The fourth-order valence-corrected chi connectivity index (χ4v) is 4.33. The first-order valence-electron chi connectivity index (χ1n) is 10.5. The number of halogens is 2. The van der Waals surface area contributed by atoms with Gasteiger partial charge in [0.05, 0.1) is 24.5 Å².